The molecule has 0 amide bonds. The number of anilines is 1. The minimum Gasteiger partial charge on any atom is -0.460 e. The number of ether oxygens (including phenoxy) is 1. The summed E-state index contributed by atoms with van der Waals surface area (Å²) in [6.45, 7) is 4.65. The van der Waals surface area contributed by atoms with E-state index in [1.54, 1.807) is 0 Å². The molecular formula is C9H16N4O2. The first-order chi connectivity index (χ1) is 7.09. The molecule has 0 saturated heterocycles. The molecule has 0 atom stereocenters. The lowest BCUT2D eigenvalue weighted by Crippen LogP contribution is -2.09. The minimum absolute atomic E-state index is 0.0455. The van der Waals surface area contributed by atoms with Crippen LogP contribution in [0.3, 0.4) is 0 Å². The van der Waals surface area contributed by atoms with Crippen molar-refractivity contribution >= 4 is 11.9 Å². The van der Waals surface area contributed by atoms with Crippen molar-refractivity contribution in [1.82, 2.24) is 15.2 Å². The van der Waals surface area contributed by atoms with Crippen LogP contribution in [0, 0.1) is 5.92 Å². The van der Waals surface area contributed by atoms with Gasteiger partial charge in [0, 0.05) is 0 Å². The Bertz CT molecular complexity index is 322. The highest BCUT2D eigenvalue weighted by Gasteiger charge is 2.11. The van der Waals surface area contributed by atoms with Gasteiger partial charge in [0.05, 0.1) is 6.61 Å². The summed E-state index contributed by atoms with van der Waals surface area (Å²) in [4.78, 5) is 15.0. The van der Waals surface area contributed by atoms with Gasteiger partial charge in [-0.25, -0.2) is 4.79 Å². The van der Waals surface area contributed by atoms with E-state index in [9.17, 15) is 4.79 Å². The summed E-state index contributed by atoms with van der Waals surface area (Å²) in [6.07, 6.45) is 1.89. The van der Waals surface area contributed by atoms with E-state index in [0.29, 0.717) is 12.5 Å². The summed E-state index contributed by atoms with van der Waals surface area (Å²) in [5.74, 6) is 0.203. The number of carbonyl (C=O) groups excluding carboxylic acids is 1. The number of H-pyrrole nitrogens is 1. The molecule has 1 rings (SSSR count). The van der Waals surface area contributed by atoms with E-state index in [1.165, 1.54) is 0 Å². The molecule has 0 aliphatic rings. The van der Waals surface area contributed by atoms with E-state index >= 15 is 0 Å². The van der Waals surface area contributed by atoms with Gasteiger partial charge in [-0.2, -0.15) is 4.98 Å². The number of hydrogen-bond acceptors (Lipinski definition) is 5. The summed E-state index contributed by atoms with van der Waals surface area (Å²) in [5.41, 5.74) is 5.25. The molecule has 0 aliphatic carbocycles. The fourth-order valence-corrected chi connectivity index (χ4v) is 1.09. The average molecular weight is 212 g/mol. The number of carbonyl (C=O) groups is 1. The molecule has 0 spiro atoms. The molecule has 15 heavy (non-hydrogen) atoms. The molecule has 84 valence electrons. The zero-order valence-electron chi connectivity index (χ0n) is 8.99. The highest BCUT2D eigenvalue weighted by atomic mass is 16.5. The number of esters is 1. The zero-order chi connectivity index (χ0) is 11.3. The van der Waals surface area contributed by atoms with Crippen LogP contribution >= 0.6 is 0 Å². The van der Waals surface area contributed by atoms with Crippen LogP contribution in [-0.4, -0.2) is 27.8 Å². The molecule has 0 saturated carbocycles. The highest BCUT2D eigenvalue weighted by molar-refractivity contribution is 5.85. The Morgan fingerprint density at radius 3 is 2.87 bits per heavy atom. The van der Waals surface area contributed by atoms with Crippen molar-refractivity contribution in [2.24, 2.45) is 5.92 Å². The number of aromatic nitrogens is 3. The molecule has 0 fully saturated rings. The first-order valence-corrected chi connectivity index (χ1v) is 4.94. The van der Waals surface area contributed by atoms with Gasteiger partial charge in [-0.05, 0) is 18.8 Å². The SMILES string of the molecule is CC(C)CCCOC(=O)c1nc(N)n[nH]1. The lowest BCUT2D eigenvalue weighted by Gasteiger charge is -2.04. The largest absolute Gasteiger partial charge is 0.460 e. The maximum absolute atomic E-state index is 11.3. The van der Waals surface area contributed by atoms with Crippen molar-refractivity contribution in [3.8, 4) is 0 Å². The second-order valence-corrected chi connectivity index (χ2v) is 3.71. The van der Waals surface area contributed by atoms with Gasteiger partial charge < -0.3 is 10.5 Å². The molecule has 0 aliphatic heterocycles. The van der Waals surface area contributed by atoms with E-state index in [2.05, 4.69) is 29.0 Å². The highest BCUT2D eigenvalue weighted by Crippen LogP contribution is 2.04. The average Bonchev–Trinajstić information content (AvgIpc) is 2.59. The quantitative estimate of drug-likeness (QED) is 0.560. The third-order valence-corrected chi connectivity index (χ3v) is 1.86. The van der Waals surface area contributed by atoms with Gasteiger partial charge in [0.2, 0.25) is 11.8 Å². The normalized spacial score (nSPS) is 10.6. The number of nitrogens with two attached hydrogens (primary N) is 1. The first-order valence-electron chi connectivity index (χ1n) is 4.94. The Morgan fingerprint density at radius 1 is 1.60 bits per heavy atom. The first kappa shape index (κ1) is 11.5. The number of nitrogens with one attached hydrogen (secondary N) is 1. The molecule has 0 aromatic carbocycles. The molecule has 0 radical (unpaired) electrons. The van der Waals surface area contributed by atoms with Crippen molar-refractivity contribution in [3.63, 3.8) is 0 Å². The van der Waals surface area contributed by atoms with Crippen LogP contribution < -0.4 is 5.73 Å². The van der Waals surface area contributed by atoms with Gasteiger partial charge in [0.15, 0.2) is 0 Å². The van der Waals surface area contributed by atoms with Crippen molar-refractivity contribution in [2.45, 2.75) is 26.7 Å². The van der Waals surface area contributed by atoms with Crippen LogP contribution in [0.1, 0.15) is 37.3 Å². The molecule has 6 nitrogen and oxygen atoms in total. The number of rotatable bonds is 5. The van der Waals surface area contributed by atoms with Gasteiger partial charge in [-0.1, -0.05) is 13.8 Å². The smallest absolute Gasteiger partial charge is 0.375 e. The van der Waals surface area contributed by atoms with Crippen LogP contribution in [0.4, 0.5) is 5.95 Å². The standard InChI is InChI=1S/C9H16N4O2/c1-6(2)4-3-5-15-8(14)7-11-9(10)13-12-7/h6H,3-5H2,1-2H3,(H3,10,11,12,13). The van der Waals surface area contributed by atoms with E-state index in [0.717, 1.165) is 12.8 Å². The molecule has 1 aromatic heterocycles. The summed E-state index contributed by atoms with van der Waals surface area (Å²) < 4.78 is 4.96. The zero-order valence-corrected chi connectivity index (χ0v) is 8.99. The predicted octanol–water partition coefficient (Wildman–Crippen LogP) is 0.980. The summed E-state index contributed by atoms with van der Waals surface area (Å²) in [5, 5.41) is 5.93. The number of nitrogens with zero attached hydrogens (tertiary/aromatic N) is 2. The fraction of sp³-hybridized carbons (Fsp3) is 0.667. The molecule has 6 heteroatoms. The summed E-state index contributed by atoms with van der Waals surface area (Å²) in [7, 11) is 0. The van der Waals surface area contributed by atoms with E-state index in [-0.39, 0.29) is 11.8 Å². The van der Waals surface area contributed by atoms with Crippen molar-refractivity contribution in [1.29, 1.82) is 0 Å². The minimum atomic E-state index is -0.511. The Labute approximate surface area is 88.2 Å². The van der Waals surface area contributed by atoms with Gasteiger partial charge in [0.25, 0.3) is 0 Å². The lowest BCUT2D eigenvalue weighted by molar-refractivity contribution is 0.0481. The van der Waals surface area contributed by atoms with Crippen LogP contribution in [0.2, 0.25) is 0 Å². The van der Waals surface area contributed by atoms with Gasteiger partial charge in [-0.15, -0.1) is 5.10 Å². The monoisotopic (exact) mass is 212 g/mol. The number of aromatic amines is 1. The Balaban J connectivity index is 2.25. The number of hydrogen-bond donors (Lipinski definition) is 2. The summed E-state index contributed by atoms with van der Waals surface area (Å²) >= 11 is 0. The van der Waals surface area contributed by atoms with Crippen LogP contribution in [0.5, 0.6) is 0 Å². The van der Waals surface area contributed by atoms with E-state index < -0.39 is 5.97 Å². The number of nitrogen functional groups attached to an aromatic ring is 1. The van der Waals surface area contributed by atoms with Crippen molar-refractivity contribution in [2.75, 3.05) is 12.3 Å². The Hall–Kier alpha value is -1.59. The lowest BCUT2D eigenvalue weighted by atomic mass is 10.1. The third kappa shape index (κ3) is 3.97. The topological polar surface area (TPSA) is 93.9 Å². The molecule has 0 bridgehead atoms. The van der Waals surface area contributed by atoms with E-state index in [1.807, 2.05) is 0 Å². The molecular weight excluding hydrogens is 196 g/mol. The van der Waals surface area contributed by atoms with Gasteiger partial charge in [-0.3, -0.25) is 5.10 Å². The Kier molecular flexibility index (Phi) is 4.08. The maximum Gasteiger partial charge on any atom is 0.375 e. The van der Waals surface area contributed by atoms with Gasteiger partial charge >= 0.3 is 5.97 Å². The fourth-order valence-electron chi connectivity index (χ4n) is 1.09. The molecule has 0 unspecified atom stereocenters. The Morgan fingerprint density at radius 2 is 2.33 bits per heavy atom. The second-order valence-electron chi connectivity index (χ2n) is 3.71. The van der Waals surface area contributed by atoms with Crippen LogP contribution in [0.15, 0.2) is 0 Å². The second kappa shape index (κ2) is 5.33. The molecule has 1 aromatic rings. The third-order valence-electron chi connectivity index (χ3n) is 1.86. The van der Waals surface area contributed by atoms with Crippen LogP contribution in [-0.2, 0) is 4.74 Å². The predicted molar refractivity (Wildman–Crippen MR) is 55.1 cm³/mol. The summed E-state index contributed by atoms with van der Waals surface area (Å²) in [6, 6.07) is 0. The molecule has 1 heterocycles. The van der Waals surface area contributed by atoms with Crippen LogP contribution in [0.25, 0.3) is 0 Å². The molecule has 3 N–H and O–H groups in total. The van der Waals surface area contributed by atoms with E-state index in [4.69, 9.17) is 10.5 Å². The van der Waals surface area contributed by atoms with Crippen molar-refractivity contribution < 1.29 is 9.53 Å². The van der Waals surface area contributed by atoms with Gasteiger partial charge in [0.1, 0.15) is 0 Å². The van der Waals surface area contributed by atoms with Crippen molar-refractivity contribution in [3.05, 3.63) is 5.82 Å². The maximum atomic E-state index is 11.3.